The van der Waals surface area contributed by atoms with Crippen LogP contribution in [0.25, 0.3) is 0 Å². The van der Waals surface area contributed by atoms with Gasteiger partial charge in [0.1, 0.15) is 23.9 Å². The van der Waals surface area contributed by atoms with Gasteiger partial charge < -0.3 is 10.5 Å². The second-order valence-electron chi connectivity index (χ2n) is 7.26. The topological polar surface area (TPSA) is 89.7 Å². The maximum absolute atomic E-state index is 14.3. The van der Waals surface area contributed by atoms with Gasteiger partial charge in [0.15, 0.2) is 0 Å². The van der Waals surface area contributed by atoms with Crippen LogP contribution >= 0.6 is 11.6 Å². The molecule has 0 bridgehead atoms. The maximum Gasteiger partial charge on any atom is 0.264 e. The molecule has 10 heteroatoms. The van der Waals surface area contributed by atoms with Gasteiger partial charge in [-0.15, -0.1) is 0 Å². The highest BCUT2D eigenvalue weighted by atomic mass is 35.5. The number of aryl methyl sites for hydroxylation is 1. The quantitative estimate of drug-likeness (QED) is 0.508. The van der Waals surface area contributed by atoms with E-state index in [1.807, 2.05) is 0 Å². The number of carbonyl (C=O) groups is 1. The SMILES string of the molecule is COc1ccc(S(=O)(=O)N(CC(N)=O)c2ccc(Cl)cc2Cc2c(F)cccc2F)cc1C. The van der Waals surface area contributed by atoms with Gasteiger partial charge >= 0.3 is 0 Å². The molecule has 174 valence electrons. The summed E-state index contributed by atoms with van der Waals surface area (Å²) in [7, 11) is -2.84. The standard InChI is InChI=1S/C23H21ClF2N2O4S/c1-14-10-17(7-9-22(14)32-2)33(30,31)28(13-23(27)29)21-8-6-16(24)11-15(21)12-18-19(25)4-3-5-20(18)26/h3-11H,12-13H2,1-2H3,(H2,27,29). The molecule has 0 atom stereocenters. The van der Waals surface area contributed by atoms with Crippen molar-refractivity contribution in [3.63, 3.8) is 0 Å². The molecule has 3 aromatic carbocycles. The minimum atomic E-state index is -4.30. The van der Waals surface area contributed by atoms with Crippen LogP contribution in [0.5, 0.6) is 5.75 Å². The number of benzene rings is 3. The summed E-state index contributed by atoms with van der Waals surface area (Å²) in [6.45, 7) is 0.979. The Morgan fingerprint density at radius 1 is 1.09 bits per heavy atom. The van der Waals surface area contributed by atoms with Crippen molar-refractivity contribution in [1.82, 2.24) is 0 Å². The smallest absolute Gasteiger partial charge is 0.264 e. The van der Waals surface area contributed by atoms with E-state index in [2.05, 4.69) is 0 Å². The van der Waals surface area contributed by atoms with Gasteiger partial charge in [0.25, 0.3) is 10.0 Å². The Morgan fingerprint density at radius 3 is 2.33 bits per heavy atom. The van der Waals surface area contributed by atoms with Gasteiger partial charge in [0, 0.05) is 17.0 Å². The number of ether oxygens (including phenoxy) is 1. The second kappa shape index (κ2) is 9.76. The number of amides is 1. The van der Waals surface area contributed by atoms with Crippen LogP contribution in [0.15, 0.2) is 59.5 Å². The number of primary amides is 1. The van der Waals surface area contributed by atoms with Crippen molar-refractivity contribution >= 4 is 33.2 Å². The van der Waals surface area contributed by atoms with E-state index in [-0.39, 0.29) is 33.2 Å². The van der Waals surface area contributed by atoms with E-state index in [0.717, 1.165) is 16.4 Å². The summed E-state index contributed by atoms with van der Waals surface area (Å²) in [5.74, 6) is -2.02. The minimum absolute atomic E-state index is 0.0225. The molecule has 0 saturated heterocycles. The number of halogens is 3. The number of anilines is 1. The molecule has 0 heterocycles. The van der Waals surface area contributed by atoms with E-state index in [1.54, 1.807) is 6.92 Å². The molecule has 6 nitrogen and oxygen atoms in total. The van der Waals surface area contributed by atoms with Crippen LogP contribution in [0.2, 0.25) is 5.02 Å². The van der Waals surface area contributed by atoms with Crippen LogP contribution in [0.1, 0.15) is 16.7 Å². The third-order valence-corrected chi connectivity index (χ3v) is 6.98. The predicted octanol–water partition coefficient (Wildman–Crippen LogP) is 4.21. The van der Waals surface area contributed by atoms with Gasteiger partial charge in [0.05, 0.1) is 17.7 Å². The average Bonchev–Trinajstić information content (AvgIpc) is 2.75. The Bertz CT molecular complexity index is 1300. The molecule has 0 aromatic heterocycles. The van der Waals surface area contributed by atoms with E-state index in [4.69, 9.17) is 22.1 Å². The molecule has 3 aromatic rings. The third kappa shape index (κ3) is 5.26. The van der Waals surface area contributed by atoms with Crippen LogP contribution in [0, 0.1) is 18.6 Å². The lowest BCUT2D eigenvalue weighted by Gasteiger charge is -2.26. The number of sulfonamides is 1. The molecule has 0 aliphatic heterocycles. The molecule has 0 aliphatic carbocycles. The monoisotopic (exact) mass is 494 g/mol. The van der Waals surface area contributed by atoms with Gasteiger partial charge in [-0.2, -0.15) is 0 Å². The molecule has 0 fully saturated rings. The highest BCUT2D eigenvalue weighted by molar-refractivity contribution is 7.92. The lowest BCUT2D eigenvalue weighted by atomic mass is 10.0. The zero-order chi connectivity index (χ0) is 24.3. The number of hydrogen-bond acceptors (Lipinski definition) is 4. The minimum Gasteiger partial charge on any atom is -0.496 e. The fourth-order valence-corrected chi connectivity index (χ4v) is 5.16. The molecule has 0 unspecified atom stereocenters. The number of rotatable bonds is 8. The van der Waals surface area contributed by atoms with Crippen LogP contribution in [0.3, 0.4) is 0 Å². The van der Waals surface area contributed by atoms with Gasteiger partial charge in [-0.1, -0.05) is 17.7 Å². The maximum atomic E-state index is 14.3. The molecule has 0 saturated carbocycles. The first-order chi connectivity index (χ1) is 15.5. The van der Waals surface area contributed by atoms with Crippen molar-refractivity contribution in [2.45, 2.75) is 18.2 Å². The van der Waals surface area contributed by atoms with Gasteiger partial charge in [-0.3, -0.25) is 9.10 Å². The zero-order valence-corrected chi connectivity index (χ0v) is 19.4. The Balaban J connectivity index is 2.17. The molecular weight excluding hydrogens is 474 g/mol. The van der Waals surface area contributed by atoms with Crippen molar-refractivity contribution in [3.05, 3.63) is 87.9 Å². The molecule has 0 aliphatic rings. The summed E-state index contributed by atoms with van der Waals surface area (Å²) < 4.78 is 61.7. The number of hydrogen-bond donors (Lipinski definition) is 1. The highest BCUT2D eigenvalue weighted by Gasteiger charge is 2.29. The van der Waals surface area contributed by atoms with Crippen molar-refractivity contribution in [3.8, 4) is 5.75 Å². The van der Waals surface area contributed by atoms with Crippen molar-refractivity contribution in [2.24, 2.45) is 5.73 Å². The third-order valence-electron chi connectivity index (χ3n) is 4.99. The molecule has 2 N–H and O–H groups in total. The van der Waals surface area contributed by atoms with Crippen molar-refractivity contribution < 1.29 is 26.7 Å². The average molecular weight is 495 g/mol. The van der Waals surface area contributed by atoms with Crippen molar-refractivity contribution in [1.29, 1.82) is 0 Å². The molecular formula is C23H21ClF2N2O4S. The normalized spacial score (nSPS) is 11.3. The van der Waals surface area contributed by atoms with E-state index in [9.17, 15) is 22.0 Å². The second-order valence-corrected chi connectivity index (χ2v) is 9.56. The molecule has 0 spiro atoms. The summed E-state index contributed by atoms with van der Waals surface area (Å²) in [4.78, 5) is 11.7. The lowest BCUT2D eigenvalue weighted by molar-refractivity contribution is -0.116. The molecule has 33 heavy (non-hydrogen) atoms. The Morgan fingerprint density at radius 2 is 1.76 bits per heavy atom. The van der Waals surface area contributed by atoms with Crippen LogP contribution in [-0.2, 0) is 21.2 Å². The van der Waals surface area contributed by atoms with Crippen LogP contribution in [-0.4, -0.2) is 28.0 Å². The Kier molecular flexibility index (Phi) is 7.24. The van der Waals surface area contributed by atoms with Crippen LogP contribution < -0.4 is 14.8 Å². The van der Waals surface area contributed by atoms with E-state index < -0.39 is 34.1 Å². The number of methoxy groups -OCH3 is 1. The molecule has 3 rings (SSSR count). The Labute approximate surface area is 195 Å². The van der Waals surface area contributed by atoms with Gasteiger partial charge in [-0.25, -0.2) is 17.2 Å². The number of carbonyl (C=O) groups excluding carboxylic acids is 1. The number of nitrogens with two attached hydrogens (primary N) is 1. The fourth-order valence-electron chi connectivity index (χ4n) is 3.41. The lowest BCUT2D eigenvalue weighted by Crippen LogP contribution is -2.39. The fraction of sp³-hybridized carbons (Fsp3) is 0.174. The predicted molar refractivity (Wildman–Crippen MR) is 122 cm³/mol. The largest absolute Gasteiger partial charge is 0.496 e. The van der Waals surface area contributed by atoms with E-state index in [1.165, 1.54) is 49.6 Å². The number of nitrogens with zero attached hydrogens (tertiary/aromatic N) is 1. The first-order valence-electron chi connectivity index (χ1n) is 9.71. The Hall–Kier alpha value is -3.17. The summed E-state index contributed by atoms with van der Waals surface area (Å²) in [5, 5.41) is 0.224. The van der Waals surface area contributed by atoms with Crippen LogP contribution in [0.4, 0.5) is 14.5 Å². The van der Waals surface area contributed by atoms with Gasteiger partial charge in [-0.05, 0) is 66.6 Å². The summed E-state index contributed by atoms with van der Waals surface area (Å²) >= 11 is 6.10. The molecule has 0 radical (unpaired) electrons. The first kappa shape index (κ1) is 24.5. The molecule has 1 amide bonds. The summed E-state index contributed by atoms with van der Waals surface area (Å²) in [5.41, 5.74) is 5.86. The zero-order valence-electron chi connectivity index (χ0n) is 17.8. The van der Waals surface area contributed by atoms with E-state index >= 15 is 0 Å². The highest BCUT2D eigenvalue weighted by Crippen LogP contribution is 2.33. The van der Waals surface area contributed by atoms with Crippen molar-refractivity contribution in [2.75, 3.05) is 18.0 Å². The first-order valence-corrected chi connectivity index (χ1v) is 11.5. The summed E-state index contributed by atoms with van der Waals surface area (Å²) in [6.07, 6.45) is -0.305. The summed E-state index contributed by atoms with van der Waals surface area (Å²) in [6, 6.07) is 11.8. The van der Waals surface area contributed by atoms with Gasteiger partial charge in [0.2, 0.25) is 5.91 Å². The van der Waals surface area contributed by atoms with E-state index in [0.29, 0.717) is 11.3 Å².